The average Bonchev–Trinajstić information content (AvgIpc) is 2.91. The van der Waals surface area contributed by atoms with Gasteiger partial charge >= 0.3 is 0 Å². The van der Waals surface area contributed by atoms with Crippen molar-refractivity contribution in [3.63, 3.8) is 0 Å². The third-order valence-corrected chi connectivity index (χ3v) is 5.10. The number of amides is 1. The first-order chi connectivity index (χ1) is 11.1. The molecule has 120 valence electrons. The third-order valence-electron chi connectivity index (χ3n) is 4.09. The molecule has 0 heterocycles. The van der Waals surface area contributed by atoms with E-state index in [9.17, 15) is 14.3 Å². The van der Waals surface area contributed by atoms with Crippen molar-refractivity contribution in [2.45, 2.75) is 23.3 Å². The molecule has 0 spiro atoms. The van der Waals surface area contributed by atoms with Crippen molar-refractivity contribution < 1.29 is 14.3 Å². The molecule has 23 heavy (non-hydrogen) atoms. The van der Waals surface area contributed by atoms with Gasteiger partial charge in [0.25, 0.3) is 0 Å². The lowest BCUT2D eigenvalue weighted by molar-refractivity contribution is -0.119. The summed E-state index contributed by atoms with van der Waals surface area (Å²) in [6.07, 6.45) is 1.45. The van der Waals surface area contributed by atoms with Gasteiger partial charge < -0.3 is 10.4 Å². The number of benzene rings is 2. The molecule has 1 aliphatic rings. The zero-order valence-corrected chi connectivity index (χ0v) is 13.4. The van der Waals surface area contributed by atoms with Gasteiger partial charge in [-0.3, -0.25) is 4.79 Å². The first-order valence-corrected chi connectivity index (χ1v) is 8.51. The molecule has 0 radical (unpaired) electrons. The van der Waals surface area contributed by atoms with Crippen LogP contribution in [0.25, 0.3) is 0 Å². The van der Waals surface area contributed by atoms with E-state index in [0.717, 1.165) is 22.4 Å². The van der Waals surface area contributed by atoms with Crippen LogP contribution in [0.1, 0.15) is 17.5 Å². The van der Waals surface area contributed by atoms with E-state index in [1.165, 1.54) is 23.9 Å². The number of thioether (sulfide) groups is 1. The van der Waals surface area contributed by atoms with Crippen LogP contribution in [0.4, 0.5) is 4.39 Å². The second-order valence-electron chi connectivity index (χ2n) is 5.71. The standard InChI is InChI=1S/C18H18FNO2S/c19-14-5-7-15(8-6-14)23-11-17(21)20-12-18(22)10-9-13-3-1-2-4-16(13)18/h1-8,22H,9-12H2,(H,20,21). The molecule has 5 heteroatoms. The lowest BCUT2D eigenvalue weighted by Crippen LogP contribution is -2.40. The summed E-state index contributed by atoms with van der Waals surface area (Å²) in [5.74, 6) is -0.193. The van der Waals surface area contributed by atoms with Crippen molar-refractivity contribution in [2.24, 2.45) is 0 Å². The normalized spacial score (nSPS) is 19.4. The summed E-state index contributed by atoms with van der Waals surface area (Å²) in [4.78, 5) is 12.8. The van der Waals surface area contributed by atoms with Crippen LogP contribution in [0.3, 0.4) is 0 Å². The molecule has 0 aromatic heterocycles. The number of aliphatic hydroxyl groups is 1. The largest absolute Gasteiger partial charge is 0.383 e. The van der Waals surface area contributed by atoms with Gasteiger partial charge in [0, 0.05) is 4.90 Å². The van der Waals surface area contributed by atoms with Gasteiger partial charge in [0.2, 0.25) is 5.91 Å². The van der Waals surface area contributed by atoms with E-state index in [1.54, 1.807) is 12.1 Å². The van der Waals surface area contributed by atoms with E-state index in [4.69, 9.17) is 0 Å². The van der Waals surface area contributed by atoms with E-state index in [-0.39, 0.29) is 24.0 Å². The Morgan fingerprint density at radius 1 is 1.22 bits per heavy atom. The molecule has 3 rings (SSSR count). The molecule has 3 nitrogen and oxygen atoms in total. The maximum atomic E-state index is 12.8. The van der Waals surface area contributed by atoms with Crippen molar-refractivity contribution in [2.75, 3.05) is 12.3 Å². The lowest BCUT2D eigenvalue weighted by atomic mass is 9.96. The molecular weight excluding hydrogens is 313 g/mol. The number of nitrogens with one attached hydrogen (secondary N) is 1. The number of hydrogen-bond donors (Lipinski definition) is 2. The number of fused-ring (bicyclic) bond motifs is 1. The minimum atomic E-state index is -0.979. The molecule has 0 bridgehead atoms. The van der Waals surface area contributed by atoms with Crippen molar-refractivity contribution in [3.8, 4) is 0 Å². The van der Waals surface area contributed by atoms with Gasteiger partial charge in [-0.05, 0) is 48.2 Å². The van der Waals surface area contributed by atoms with Crippen LogP contribution in [-0.4, -0.2) is 23.3 Å². The fraction of sp³-hybridized carbons (Fsp3) is 0.278. The second-order valence-corrected chi connectivity index (χ2v) is 6.76. The van der Waals surface area contributed by atoms with E-state index < -0.39 is 5.60 Å². The molecule has 1 amide bonds. The average molecular weight is 331 g/mol. The highest BCUT2D eigenvalue weighted by Crippen LogP contribution is 2.36. The van der Waals surface area contributed by atoms with E-state index >= 15 is 0 Å². The first kappa shape index (κ1) is 16.0. The van der Waals surface area contributed by atoms with Crippen LogP contribution in [0.5, 0.6) is 0 Å². The molecule has 2 N–H and O–H groups in total. The SMILES string of the molecule is O=C(CSc1ccc(F)cc1)NCC1(O)CCc2ccccc21. The van der Waals surface area contributed by atoms with Crippen LogP contribution in [0.2, 0.25) is 0 Å². The van der Waals surface area contributed by atoms with Crippen molar-refractivity contribution >= 4 is 17.7 Å². The Kier molecular flexibility index (Phi) is 4.68. The minimum absolute atomic E-state index is 0.142. The van der Waals surface area contributed by atoms with Gasteiger partial charge in [-0.2, -0.15) is 0 Å². The van der Waals surface area contributed by atoms with E-state index in [2.05, 4.69) is 5.32 Å². The zero-order valence-electron chi connectivity index (χ0n) is 12.6. The highest BCUT2D eigenvalue weighted by Gasteiger charge is 2.36. The summed E-state index contributed by atoms with van der Waals surface area (Å²) in [5, 5.41) is 13.5. The topological polar surface area (TPSA) is 49.3 Å². The smallest absolute Gasteiger partial charge is 0.230 e. The zero-order chi connectivity index (χ0) is 16.3. The predicted molar refractivity (Wildman–Crippen MR) is 88.8 cm³/mol. The van der Waals surface area contributed by atoms with Crippen LogP contribution in [0, 0.1) is 5.82 Å². The van der Waals surface area contributed by atoms with E-state index in [1.807, 2.05) is 24.3 Å². The number of rotatable bonds is 5. The monoisotopic (exact) mass is 331 g/mol. The van der Waals surface area contributed by atoms with E-state index in [0.29, 0.717) is 6.42 Å². The molecule has 0 saturated carbocycles. The molecule has 0 saturated heterocycles. The van der Waals surface area contributed by atoms with Gasteiger partial charge in [-0.25, -0.2) is 4.39 Å². The Balaban J connectivity index is 1.52. The molecule has 1 atom stereocenters. The second kappa shape index (κ2) is 6.72. The summed E-state index contributed by atoms with van der Waals surface area (Å²) >= 11 is 1.34. The van der Waals surface area contributed by atoms with Crippen LogP contribution >= 0.6 is 11.8 Å². The van der Waals surface area contributed by atoms with Gasteiger partial charge in [-0.15, -0.1) is 11.8 Å². The summed E-state index contributed by atoms with van der Waals surface area (Å²) < 4.78 is 12.8. The summed E-state index contributed by atoms with van der Waals surface area (Å²) in [7, 11) is 0. The molecule has 2 aromatic carbocycles. The molecule has 2 aromatic rings. The molecule has 1 unspecified atom stereocenters. The number of carbonyl (C=O) groups is 1. The summed E-state index contributed by atoms with van der Waals surface area (Å²) in [6.45, 7) is 0.215. The van der Waals surface area contributed by atoms with Gasteiger partial charge in [0.15, 0.2) is 0 Å². The fourth-order valence-electron chi connectivity index (χ4n) is 2.83. The molecule has 1 aliphatic carbocycles. The minimum Gasteiger partial charge on any atom is -0.383 e. The Bertz CT molecular complexity index is 704. The first-order valence-electron chi connectivity index (χ1n) is 7.53. The van der Waals surface area contributed by atoms with Crippen molar-refractivity contribution in [1.29, 1.82) is 0 Å². The Morgan fingerprint density at radius 3 is 2.74 bits per heavy atom. The Morgan fingerprint density at radius 2 is 1.96 bits per heavy atom. The molecule has 0 fully saturated rings. The molecular formula is C18H18FNO2S. The number of hydrogen-bond acceptors (Lipinski definition) is 3. The van der Waals surface area contributed by atoms with Crippen molar-refractivity contribution in [1.82, 2.24) is 5.32 Å². The molecule has 0 aliphatic heterocycles. The number of aryl methyl sites for hydroxylation is 1. The highest BCUT2D eigenvalue weighted by atomic mass is 32.2. The predicted octanol–water partition coefficient (Wildman–Crippen LogP) is 2.87. The third kappa shape index (κ3) is 3.74. The van der Waals surface area contributed by atoms with Crippen LogP contribution < -0.4 is 5.32 Å². The fourth-order valence-corrected chi connectivity index (χ4v) is 3.56. The maximum absolute atomic E-state index is 12.8. The number of halogens is 1. The maximum Gasteiger partial charge on any atom is 0.230 e. The Hall–Kier alpha value is -1.85. The Labute approximate surface area is 138 Å². The summed E-state index contributed by atoms with van der Waals surface area (Å²) in [6, 6.07) is 13.8. The lowest BCUT2D eigenvalue weighted by Gasteiger charge is -2.24. The van der Waals surface area contributed by atoms with Gasteiger partial charge in [-0.1, -0.05) is 24.3 Å². The van der Waals surface area contributed by atoms with Gasteiger partial charge in [0.05, 0.1) is 12.3 Å². The quantitative estimate of drug-likeness (QED) is 0.828. The highest BCUT2D eigenvalue weighted by molar-refractivity contribution is 8.00. The summed E-state index contributed by atoms with van der Waals surface area (Å²) in [5.41, 5.74) is 1.07. The van der Waals surface area contributed by atoms with Crippen LogP contribution in [-0.2, 0) is 16.8 Å². The number of carbonyl (C=O) groups excluding carboxylic acids is 1. The van der Waals surface area contributed by atoms with Gasteiger partial charge in [0.1, 0.15) is 11.4 Å². The van der Waals surface area contributed by atoms with Crippen molar-refractivity contribution in [3.05, 3.63) is 65.5 Å². The van der Waals surface area contributed by atoms with Crippen LogP contribution in [0.15, 0.2) is 53.4 Å².